The van der Waals surface area contributed by atoms with Gasteiger partial charge >= 0.3 is 0 Å². The van der Waals surface area contributed by atoms with Crippen LogP contribution in [0.5, 0.6) is 11.5 Å². The normalized spacial score (nSPS) is 10.6. The third-order valence-corrected chi connectivity index (χ3v) is 2.57. The molecule has 90 valence electrons. The Morgan fingerprint density at radius 1 is 1.25 bits per heavy atom. The maximum absolute atomic E-state index is 5.67. The zero-order chi connectivity index (χ0) is 12.0. The molecule has 0 aliphatic carbocycles. The first kappa shape index (κ1) is 12.9. The lowest BCUT2D eigenvalue weighted by molar-refractivity contribution is 0.295. The van der Waals surface area contributed by atoms with Crippen LogP contribution in [0.4, 0.5) is 0 Å². The smallest absolute Gasteiger partial charge is 0.125 e. The molecule has 0 N–H and O–H groups in total. The molecular weight excluding hydrogens is 200 g/mol. The number of ether oxygens (including phenoxy) is 2. The van der Waals surface area contributed by atoms with E-state index in [9.17, 15) is 0 Å². The summed E-state index contributed by atoms with van der Waals surface area (Å²) in [4.78, 5) is 0. The molecule has 0 unspecified atom stereocenters. The second-order valence-corrected chi connectivity index (χ2v) is 4.52. The average molecular weight is 222 g/mol. The van der Waals surface area contributed by atoms with E-state index in [-0.39, 0.29) is 0 Å². The highest BCUT2D eigenvalue weighted by molar-refractivity contribution is 5.39. The Kier molecular flexibility index (Phi) is 5.17. The largest absolute Gasteiger partial charge is 0.496 e. The first-order chi connectivity index (χ1) is 7.63. The van der Waals surface area contributed by atoms with Gasteiger partial charge in [-0.15, -0.1) is 0 Å². The van der Waals surface area contributed by atoms with Crippen molar-refractivity contribution in [3.05, 3.63) is 23.8 Å². The zero-order valence-corrected chi connectivity index (χ0v) is 10.7. The molecule has 1 aromatic carbocycles. The topological polar surface area (TPSA) is 18.5 Å². The predicted octanol–water partition coefficient (Wildman–Crippen LogP) is 3.82. The molecule has 0 aliphatic rings. The predicted molar refractivity (Wildman–Crippen MR) is 67.3 cm³/mol. The Labute approximate surface area is 98.6 Å². The van der Waals surface area contributed by atoms with Gasteiger partial charge < -0.3 is 9.47 Å². The summed E-state index contributed by atoms with van der Waals surface area (Å²) in [5.74, 6) is 2.53. The number of aryl methyl sites for hydroxylation is 1. The van der Waals surface area contributed by atoms with Crippen molar-refractivity contribution in [1.29, 1.82) is 0 Å². The molecule has 0 heterocycles. The van der Waals surface area contributed by atoms with E-state index >= 15 is 0 Å². The highest BCUT2D eigenvalue weighted by atomic mass is 16.5. The minimum atomic E-state index is 0.746. The second-order valence-electron chi connectivity index (χ2n) is 4.52. The average Bonchev–Trinajstić information content (AvgIpc) is 2.26. The summed E-state index contributed by atoms with van der Waals surface area (Å²) in [7, 11) is 1.69. The first-order valence-electron chi connectivity index (χ1n) is 5.91. The van der Waals surface area contributed by atoms with E-state index in [1.807, 2.05) is 25.1 Å². The molecule has 0 fully saturated rings. The first-order valence-corrected chi connectivity index (χ1v) is 5.91. The summed E-state index contributed by atoms with van der Waals surface area (Å²) in [5, 5.41) is 0. The third-order valence-electron chi connectivity index (χ3n) is 2.57. The summed E-state index contributed by atoms with van der Waals surface area (Å²) in [5.41, 5.74) is 1.14. The van der Waals surface area contributed by atoms with Gasteiger partial charge in [-0.1, -0.05) is 19.9 Å². The lowest BCUT2D eigenvalue weighted by Gasteiger charge is -2.10. The molecule has 16 heavy (non-hydrogen) atoms. The summed E-state index contributed by atoms with van der Waals surface area (Å²) < 4.78 is 10.9. The molecule has 0 bridgehead atoms. The van der Waals surface area contributed by atoms with Gasteiger partial charge in [0.15, 0.2) is 0 Å². The quantitative estimate of drug-likeness (QED) is 0.681. The van der Waals surface area contributed by atoms with Crippen molar-refractivity contribution in [2.24, 2.45) is 5.92 Å². The molecule has 0 atom stereocenters. The van der Waals surface area contributed by atoms with Crippen LogP contribution in [0.25, 0.3) is 0 Å². The van der Waals surface area contributed by atoms with E-state index < -0.39 is 0 Å². The van der Waals surface area contributed by atoms with Crippen molar-refractivity contribution in [3.63, 3.8) is 0 Å². The van der Waals surface area contributed by atoms with Crippen LogP contribution in [0.1, 0.15) is 32.3 Å². The molecule has 2 heteroatoms. The fraction of sp³-hybridized carbons (Fsp3) is 0.571. The Bertz CT molecular complexity index is 319. The van der Waals surface area contributed by atoms with Gasteiger partial charge in [0.2, 0.25) is 0 Å². The van der Waals surface area contributed by atoms with E-state index in [0.717, 1.165) is 36.0 Å². The number of methoxy groups -OCH3 is 1. The molecule has 0 spiro atoms. The van der Waals surface area contributed by atoms with Crippen molar-refractivity contribution in [1.82, 2.24) is 0 Å². The number of hydrogen-bond acceptors (Lipinski definition) is 2. The van der Waals surface area contributed by atoms with Crippen LogP contribution in [0.2, 0.25) is 0 Å². The van der Waals surface area contributed by atoms with Crippen LogP contribution >= 0.6 is 0 Å². The van der Waals surface area contributed by atoms with Gasteiger partial charge in [-0.25, -0.2) is 0 Å². The molecule has 0 saturated heterocycles. The molecule has 1 rings (SSSR count). The molecular formula is C14H22O2. The SMILES string of the molecule is COc1cc(OCCCC(C)C)ccc1C. The van der Waals surface area contributed by atoms with Gasteiger partial charge in [-0.3, -0.25) is 0 Å². The van der Waals surface area contributed by atoms with Crippen LogP contribution in [-0.2, 0) is 0 Å². The van der Waals surface area contributed by atoms with Gasteiger partial charge in [-0.2, -0.15) is 0 Å². The number of rotatable bonds is 6. The highest BCUT2D eigenvalue weighted by Crippen LogP contribution is 2.23. The highest BCUT2D eigenvalue weighted by Gasteiger charge is 2.01. The maximum Gasteiger partial charge on any atom is 0.125 e. The van der Waals surface area contributed by atoms with Gasteiger partial charge in [0, 0.05) is 6.07 Å². The molecule has 0 amide bonds. The van der Waals surface area contributed by atoms with Crippen molar-refractivity contribution < 1.29 is 9.47 Å². The summed E-state index contributed by atoms with van der Waals surface area (Å²) in [6.07, 6.45) is 2.32. The van der Waals surface area contributed by atoms with E-state index in [1.54, 1.807) is 7.11 Å². The van der Waals surface area contributed by atoms with Crippen LogP contribution in [-0.4, -0.2) is 13.7 Å². The van der Waals surface area contributed by atoms with Crippen molar-refractivity contribution in [3.8, 4) is 11.5 Å². The van der Waals surface area contributed by atoms with Crippen LogP contribution in [0.15, 0.2) is 18.2 Å². The van der Waals surface area contributed by atoms with E-state index in [1.165, 1.54) is 6.42 Å². The van der Waals surface area contributed by atoms with Gasteiger partial charge in [-0.05, 0) is 37.3 Å². The van der Waals surface area contributed by atoms with E-state index in [0.29, 0.717) is 0 Å². The standard InChI is InChI=1S/C14H22O2/c1-11(2)6-5-9-16-13-8-7-12(3)14(10-13)15-4/h7-8,10-11H,5-6,9H2,1-4H3. The van der Waals surface area contributed by atoms with E-state index in [2.05, 4.69) is 13.8 Å². The Morgan fingerprint density at radius 2 is 2.00 bits per heavy atom. The monoisotopic (exact) mass is 222 g/mol. The van der Waals surface area contributed by atoms with Crippen molar-refractivity contribution in [2.75, 3.05) is 13.7 Å². The lowest BCUT2D eigenvalue weighted by Crippen LogP contribution is -2.00. The van der Waals surface area contributed by atoms with Gasteiger partial charge in [0.05, 0.1) is 13.7 Å². The van der Waals surface area contributed by atoms with Gasteiger partial charge in [0.1, 0.15) is 11.5 Å². The number of hydrogen-bond donors (Lipinski definition) is 0. The van der Waals surface area contributed by atoms with Crippen molar-refractivity contribution >= 4 is 0 Å². The number of benzene rings is 1. The molecule has 0 saturated carbocycles. The summed E-state index contributed by atoms with van der Waals surface area (Å²) in [6, 6.07) is 5.97. The van der Waals surface area contributed by atoms with E-state index in [4.69, 9.17) is 9.47 Å². The molecule has 1 aromatic rings. The second kappa shape index (κ2) is 6.41. The van der Waals surface area contributed by atoms with Gasteiger partial charge in [0.25, 0.3) is 0 Å². The fourth-order valence-electron chi connectivity index (χ4n) is 1.57. The van der Waals surface area contributed by atoms with Crippen molar-refractivity contribution in [2.45, 2.75) is 33.6 Å². The minimum absolute atomic E-state index is 0.746. The van der Waals surface area contributed by atoms with Crippen LogP contribution < -0.4 is 9.47 Å². The summed E-state index contributed by atoms with van der Waals surface area (Å²) in [6.45, 7) is 7.27. The zero-order valence-electron chi connectivity index (χ0n) is 10.7. The molecule has 0 aliphatic heterocycles. The molecule has 0 radical (unpaired) electrons. The minimum Gasteiger partial charge on any atom is -0.496 e. The Morgan fingerprint density at radius 3 is 2.62 bits per heavy atom. The Hall–Kier alpha value is -1.18. The Balaban J connectivity index is 2.42. The lowest BCUT2D eigenvalue weighted by atomic mass is 10.1. The third kappa shape index (κ3) is 4.13. The molecule has 0 aromatic heterocycles. The summed E-state index contributed by atoms with van der Waals surface area (Å²) >= 11 is 0. The van der Waals surface area contributed by atoms with Crippen LogP contribution in [0.3, 0.4) is 0 Å². The maximum atomic E-state index is 5.67. The van der Waals surface area contributed by atoms with Crippen LogP contribution in [0, 0.1) is 12.8 Å². The fourth-order valence-corrected chi connectivity index (χ4v) is 1.57. The molecule has 2 nitrogen and oxygen atoms in total.